The van der Waals surface area contributed by atoms with Gasteiger partial charge < -0.3 is 4.74 Å². The Morgan fingerprint density at radius 2 is 2.28 bits per heavy atom. The van der Waals surface area contributed by atoms with Gasteiger partial charge in [0.15, 0.2) is 0 Å². The molecule has 0 saturated heterocycles. The first-order valence-electron chi connectivity index (χ1n) is 5.29. The molecule has 1 unspecified atom stereocenters. The zero-order chi connectivity index (χ0) is 13.7. The maximum absolute atomic E-state index is 11.1. The van der Waals surface area contributed by atoms with Gasteiger partial charge in [-0.25, -0.2) is 4.98 Å². The van der Waals surface area contributed by atoms with E-state index in [1.807, 2.05) is 6.92 Å². The van der Waals surface area contributed by atoms with Crippen molar-refractivity contribution in [2.75, 3.05) is 7.11 Å². The molecular weight excluding hydrogens is 256 g/mol. The second-order valence-electron chi connectivity index (χ2n) is 3.72. The van der Waals surface area contributed by atoms with Gasteiger partial charge in [-0.3, -0.25) is 14.9 Å². The number of rotatable bonds is 5. The van der Waals surface area contributed by atoms with Crippen molar-refractivity contribution >= 4 is 23.4 Å². The molecule has 0 aliphatic rings. The maximum Gasteiger partial charge on any atom is 0.306 e. The van der Waals surface area contributed by atoms with Crippen molar-refractivity contribution in [1.29, 1.82) is 0 Å². The number of methoxy groups -OCH3 is 1. The lowest BCUT2D eigenvalue weighted by Gasteiger charge is -2.09. The summed E-state index contributed by atoms with van der Waals surface area (Å²) in [4.78, 5) is 25.4. The zero-order valence-electron chi connectivity index (χ0n) is 10.4. The third-order valence-corrected chi connectivity index (χ3v) is 3.27. The molecule has 0 fully saturated rings. The molecule has 0 saturated carbocycles. The monoisotopic (exact) mass is 270 g/mol. The van der Waals surface area contributed by atoms with Crippen LogP contribution >= 0.6 is 11.8 Å². The Morgan fingerprint density at radius 3 is 2.78 bits per heavy atom. The van der Waals surface area contributed by atoms with Crippen LogP contribution in [0.5, 0.6) is 0 Å². The summed E-state index contributed by atoms with van der Waals surface area (Å²) >= 11 is 1.39. The number of hydrogen-bond donors (Lipinski definition) is 0. The third kappa shape index (κ3) is 3.99. The highest BCUT2D eigenvalue weighted by Gasteiger charge is 2.15. The minimum absolute atomic E-state index is 0.0000269. The maximum atomic E-state index is 11.1. The van der Waals surface area contributed by atoms with Crippen molar-refractivity contribution < 1.29 is 14.5 Å². The highest BCUT2D eigenvalue weighted by Crippen LogP contribution is 2.26. The van der Waals surface area contributed by atoms with Crippen molar-refractivity contribution in [3.8, 4) is 0 Å². The molecule has 0 N–H and O–H groups in total. The van der Waals surface area contributed by atoms with Gasteiger partial charge in [-0.15, -0.1) is 11.8 Å². The Hall–Kier alpha value is -1.63. The van der Waals surface area contributed by atoms with Crippen LogP contribution in [0.2, 0.25) is 0 Å². The summed E-state index contributed by atoms with van der Waals surface area (Å²) in [5, 5.41) is 11.3. The van der Waals surface area contributed by atoms with Crippen LogP contribution in [-0.2, 0) is 9.53 Å². The van der Waals surface area contributed by atoms with Crippen LogP contribution in [0.25, 0.3) is 0 Å². The number of hydrogen-bond acceptors (Lipinski definition) is 6. The number of pyridine rings is 1. The lowest BCUT2D eigenvalue weighted by molar-refractivity contribution is -0.385. The molecule has 0 spiro atoms. The van der Waals surface area contributed by atoms with Gasteiger partial charge >= 0.3 is 5.97 Å². The van der Waals surface area contributed by atoms with Crippen LogP contribution in [0.3, 0.4) is 0 Å². The van der Waals surface area contributed by atoms with Crippen molar-refractivity contribution in [3.05, 3.63) is 27.9 Å². The Bertz CT molecular complexity index is 464. The highest BCUT2D eigenvalue weighted by atomic mass is 32.2. The molecule has 0 amide bonds. The number of carbonyl (C=O) groups excluding carboxylic acids is 1. The van der Waals surface area contributed by atoms with Gasteiger partial charge in [0.25, 0.3) is 5.69 Å². The van der Waals surface area contributed by atoms with Gasteiger partial charge in [0, 0.05) is 11.3 Å². The van der Waals surface area contributed by atoms with Crippen LogP contribution in [0.15, 0.2) is 17.2 Å². The van der Waals surface area contributed by atoms with Crippen molar-refractivity contribution in [2.45, 2.75) is 30.5 Å². The van der Waals surface area contributed by atoms with Crippen LogP contribution in [0.1, 0.15) is 19.0 Å². The molecule has 1 rings (SSSR count). The molecule has 6 nitrogen and oxygen atoms in total. The zero-order valence-corrected chi connectivity index (χ0v) is 11.2. The number of aromatic nitrogens is 1. The molecule has 1 heterocycles. The second-order valence-corrected chi connectivity index (χ2v) is 5.18. The van der Waals surface area contributed by atoms with Crippen molar-refractivity contribution in [3.63, 3.8) is 0 Å². The van der Waals surface area contributed by atoms with Crippen molar-refractivity contribution in [1.82, 2.24) is 4.98 Å². The predicted molar refractivity (Wildman–Crippen MR) is 67.6 cm³/mol. The Labute approximate surface area is 109 Å². The number of esters is 1. The van der Waals surface area contributed by atoms with E-state index in [-0.39, 0.29) is 23.3 Å². The summed E-state index contributed by atoms with van der Waals surface area (Å²) in [6, 6.07) is 3.01. The number of thioether (sulfide) groups is 1. The number of nitrogens with zero attached hydrogens (tertiary/aromatic N) is 2. The van der Waals surface area contributed by atoms with Gasteiger partial charge in [-0.2, -0.15) is 0 Å². The fourth-order valence-corrected chi connectivity index (χ4v) is 2.32. The van der Waals surface area contributed by atoms with Gasteiger partial charge in [0.1, 0.15) is 5.69 Å². The molecule has 7 heteroatoms. The summed E-state index contributed by atoms with van der Waals surface area (Å²) < 4.78 is 4.57. The largest absolute Gasteiger partial charge is 0.469 e. The first-order valence-corrected chi connectivity index (χ1v) is 6.17. The minimum atomic E-state index is -0.464. The van der Waals surface area contributed by atoms with E-state index in [0.29, 0.717) is 10.7 Å². The fourth-order valence-electron chi connectivity index (χ4n) is 1.36. The van der Waals surface area contributed by atoms with Crippen LogP contribution in [-0.4, -0.2) is 28.2 Å². The smallest absolute Gasteiger partial charge is 0.306 e. The molecule has 1 aromatic rings. The molecule has 0 bridgehead atoms. The lowest BCUT2D eigenvalue weighted by atomic mass is 10.3. The number of nitro groups is 1. The highest BCUT2D eigenvalue weighted by molar-refractivity contribution is 7.99. The van der Waals surface area contributed by atoms with E-state index in [1.165, 1.54) is 24.9 Å². The Kier molecular flexibility index (Phi) is 5.08. The average Bonchev–Trinajstić information content (AvgIpc) is 2.28. The van der Waals surface area contributed by atoms with Gasteiger partial charge in [0.05, 0.1) is 23.5 Å². The van der Waals surface area contributed by atoms with Crippen LogP contribution in [0.4, 0.5) is 5.69 Å². The predicted octanol–water partition coefficient (Wildman–Crippen LogP) is 2.34. The van der Waals surface area contributed by atoms with E-state index in [2.05, 4.69) is 9.72 Å². The molecule has 0 aromatic carbocycles. The Balaban J connectivity index is 2.71. The van der Waals surface area contributed by atoms with E-state index in [0.717, 1.165) is 0 Å². The van der Waals surface area contributed by atoms with E-state index >= 15 is 0 Å². The van der Waals surface area contributed by atoms with Gasteiger partial charge in [-0.1, -0.05) is 6.92 Å². The van der Waals surface area contributed by atoms with E-state index < -0.39 is 4.92 Å². The average molecular weight is 270 g/mol. The topological polar surface area (TPSA) is 82.3 Å². The standard InChI is InChI=1S/C11H14N2O4S/c1-7(6-11(14)17-3)18-10-5-4-9(13(15)16)8(2)12-10/h4-5,7H,6H2,1-3H3. The third-order valence-electron chi connectivity index (χ3n) is 2.23. The molecule has 0 aliphatic carbocycles. The first kappa shape index (κ1) is 14.4. The van der Waals surface area contributed by atoms with Gasteiger partial charge in [0.2, 0.25) is 0 Å². The lowest BCUT2D eigenvalue weighted by Crippen LogP contribution is -2.08. The normalized spacial score (nSPS) is 11.9. The summed E-state index contributed by atoms with van der Waals surface area (Å²) in [6.07, 6.45) is 0.277. The molecule has 18 heavy (non-hydrogen) atoms. The molecule has 1 atom stereocenters. The van der Waals surface area contributed by atoms with E-state index in [1.54, 1.807) is 13.0 Å². The molecule has 0 radical (unpaired) electrons. The second kappa shape index (κ2) is 6.34. The van der Waals surface area contributed by atoms with E-state index in [9.17, 15) is 14.9 Å². The molecule has 98 valence electrons. The number of carbonyl (C=O) groups is 1. The number of aryl methyl sites for hydroxylation is 1. The molecular formula is C11H14N2O4S. The van der Waals surface area contributed by atoms with Gasteiger partial charge in [-0.05, 0) is 13.0 Å². The summed E-state index contributed by atoms with van der Waals surface area (Å²) in [6.45, 7) is 3.47. The number of ether oxygens (including phenoxy) is 1. The SMILES string of the molecule is COC(=O)CC(C)Sc1ccc([N+](=O)[O-])c(C)n1. The minimum Gasteiger partial charge on any atom is -0.469 e. The molecule has 0 aliphatic heterocycles. The molecule has 1 aromatic heterocycles. The summed E-state index contributed by atoms with van der Waals surface area (Å²) in [5.74, 6) is -0.284. The summed E-state index contributed by atoms with van der Waals surface area (Å²) in [7, 11) is 1.34. The fraction of sp³-hybridized carbons (Fsp3) is 0.455. The first-order chi connectivity index (χ1) is 8.43. The van der Waals surface area contributed by atoms with Crippen LogP contribution < -0.4 is 0 Å². The van der Waals surface area contributed by atoms with Crippen molar-refractivity contribution in [2.24, 2.45) is 0 Å². The Morgan fingerprint density at radius 1 is 1.61 bits per heavy atom. The van der Waals surface area contributed by atoms with E-state index in [4.69, 9.17) is 0 Å². The van der Waals surface area contributed by atoms with Crippen LogP contribution in [0, 0.1) is 17.0 Å². The quantitative estimate of drug-likeness (QED) is 0.353. The summed E-state index contributed by atoms with van der Waals surface area (Å²) in [5.41, 5.74) is 0.371.